The molecule has 0 saturated carbocycles. The van der Waals surface area contributed by atoms with Crippen molar-refractivity contribution < 1.29 is 9.47 Å². The average molecular weight is 271 g/mol. The SMILES string of the molecule is CCOc1cc2c(cc1CBr)OC(C)C2. The molecule has 3 heteroatoms. The van der Waals surface area contributed by atoms with Crippen molar-refractivity contribution in [2.24, 2.45) is 0 Å². The predicted molar refractivity (Wildman–Crippen MR) is 64.0 cm³/mol. The summed E-state index contributed by atoms with van der Waals surface area (Å²) in [5.41, 5.74) is 2.42. The molecule has 0 bridgehead atoms. The van der Waals surface area contributed by atoms with Gasteiger partial charge in [0.25, 0.3) is 0 Å². The topological polar surface area (TPSA) is 18.5 Å². The zero-order valence-corrected chi connectivity index (χ0v) is 10.6. The summed E-state index contributed by atoms with van der Waals surface area (Å²) in [4.78, 5) is 0. The number of alkyl halides is 1. The van der Waals surface area contributed by atoms with Crippen LogP contribution in [0.5, 0.6) is 11.5 Å². The van der Waals surface area contributed by atoms with E-state index in [-0.39, 0.29) is 0 Å². The van der Waals surface area contributed by atoms with Crippen LogP contribution in [0.2, 0.25) is 0 Å². The van der Waals surface area contributed by atoms with E-state index >= 15 is 0 Å². The normalized spacial score (nSPS) is 18.5. The largest absolute Gasteiger partial charge is 0.494 e. The third kappa shape index (κ3) is 2.12. The van der Waals surface area contributed by atoms with E-state index < -0.39 is 0 Å². The Balaban J connectivity index is 2.36. The van der Waals surface area contributed by atoms with Gasteiger partial charge in [0.1, 0.15) is 17.6 Å². The van der Waals surface area contributed by atoms with Crippen molar-refractivity contribution in [2.75, 3.05) is 6.61 Å². The Bertz CT molecular complexity index is 363. The molecule has 82 valence electrons. The highest BCUT2D eigenvalue weighted by Crippen LogP contribution is 2.35. The molecule has 0 aromatic heterocycles. The summed E-state index contributed by atoms with van der Waals surface area (Å²) in [6.45, 7) is 4.80. The molecule has 1 aliphatic rings. The van der Waals surface area contributed by atoms with Crippen LogP contribution < -0.4 is 9.47 Å². The second-order valence-corrected chi connectivity index (χ2v) is 4.33. The van der Waals surface area contributed by atoms with E-state index in [0.29, 0.717) is 12.7 Å². The van der Waals surface area contributed by atoms with Crippen molar-refractivity contribution in [3.8, 4) is 11.5 Å². The first-order chi connectivity index (χ1) is 7.24. The summed E-state index contributed by atoms with van der Waals surface area (Å²) >= 11 is 3.47. The minimum Gasteiger partial charge on any atom is -0.494 e. The molecule has 1 aliphatic heterocycles. The van der Waals surface area contributed by atoms with Gasteiger partial charge in [-0.15, -0.1) is 0 Å². The Labute approximate surface area is 98.7 Å². The Hall–Kier alpha value is -0.700. The van der Waals surface area contributed by atoms with Crippen LogP contribution in [0.15, 0.2) is 12.1 Å². The molecule has 0 radical (unpaired) electrons. The van der Waals surface area contributed by atoms with Crippen molar-refractivity contribution in [2.45, 2.75) is 31.7 Å². The summed E-state index contributed by atoms with van der Waals surface area (Å²) in [6, 6.07) is 4.19. The lowest BCUT2D eigenvalue weighted by atomic mass is 10.1. The molecule has 1 unspecified atom stereocenters. The van der Waals surface area contributed by atoms with Gasteiger partial charge in [0.05, 0.1) is 6.61 Å². The molecule has 0 saturated heterocycles. The smallest absolute Gasteiger partial charge is 0.123 e. The number of benzene rings is 1. The van der Waals surface area contributed by atoms with Crippen molar-refractivity contribution in [3.63, 3.8) is 0 Å². The average Bonchev–Trinajstić information content (AvgIpc) is 2.56. The molecule has 0 aliphatic carbocycles. The summed E-state index contributed by atoms with van der Waals surface area (Å²) in [7, 11) is 0. The fourth-order valence-corrected chi connectivity index (χ4v) is 2.31. The quantitative estimate of drug-likeness (QED) is 0.785. The fraction of sp³-hybridized carbons (Fsp3) is 0.500. The van der Waals surface area contributed by atoms with Gasteiger partial charge in [0.15, 0.2) is 0 Å². The summed E-state index contributed by atoms with van der Waals surface area (Å²) < 4.78 is 11.3. The number of rotatable bonds is 3. The van der Waals surface area contributed by atoms with E-state index in [9.17, 15) is 0 Å². The van der Waals surface area contributed by atoms with Gasteiger partial charge in [0.2, 0.25) is 0 Å². The number of hydrogen-bond acceptors (Lipinski definition) is 2. The molecule has 2 nitrogen and oxygen atoms in total. The Morgan fingerprint density at radius 2 is 2.33 bits per heavy atom. The molecule has 0 spiro atoms. The molecular formula is C12H15BrO2. The highest BCUT2D eigenvalue weighted by Gasteiger charge is 2.21. The van der Waals surface area contributed by atoms with E-state index in [1.807, 2.05) is 6.92 Å². The molecule has 0 amide bonds. The molecule has 1 heterocycles. The van der Waals surface area contributed by atoms with E-state index in [4.69, 9.17) is 9.47 Å². The van der Waals surface area contributed by atoms with Gasteiger partial charge in [-0.1, -0.05) is 15.9 Å². The van der Waals surface area contributed by atoms with Crippen LogP contribution >= 0.6 is 15.9 Å². The third-order valence-corrected chi connectivity index (χ3v) is 3.13. The van der Waals surface area contributed by atoms with Gasteiger partial charge in [-0.3, -0.25) is 0 Å². The monoisotopic (exact) mass is 270 g/mol. The number of ether oxygens (including phenoxy) is 2. The highest BCUT2D eigenvalue weighted by atomic mass is 79.9. The van der Waals surface area contributed by atoms with Gasteiger partial charge in [0, 0.05) is 22.9 Å². The standard InChI is InChI=1S/C12H15BrO2/c1-3-14-11-5-9-4-8(2)15-12(9)6-10(11)7-13/h5-6,8H,3-4,7H2,1-2H3. The molecule has 1 atom stereocenters. The van der Waals surface area contributed by atoms with Gasteiger partial charge < -0.3 is 9.47 Å². The lowest BCUT2D eigenvalue weighted by Gasteiger charge is -2.10. The molecule has 2 rings (SSSR count). The lowest BCUT2D eigenvalue weighted by Crippen LogP contribution is -2.05. The first-order valence-corrected chi connectivity index (χ1v) is 6.38. The van der Waals surface area contributed by atoms with Crippen LogP contribution in [0.4, 0.5) is 0 Å². The summed E-state index contributed by atoms with van der Waals surface area (Å²) in [5.74, 6) is 1.99. The summed E-state index contributed by atoms with van der Waals surface area (Å²) in [5, 5.41) is 0.799. The fourth-order valence-electron chi connectivity index (χ4n) is 1.88. The van der Waals surface area contributed by atoms with Crippen LogP contribution in [0.3, 0.4) is 0 Å². The summed E-state index contributed by atoms with van der Waals surface area (Å²) in [6.07, 6.45) is 1.28. The van der Waals surface area contributed by atoms with Gasteiger partial charge in [-0.2, -0.15) is 0 Å². The van der Waals surface area contributed by atoms with Crippen molar-refractivity contribution in [3.05, 3.63) is 23.3 Å². The maximum absolute atomic E-state index is 5.71. The molecule has 15 heavy (non-hydrogen) atoms. The number of fused-ring (bicyclic) bond motifs is 1. The minimum atomic E-state index is 0.292. The van der Waals surface area contributed by atoms with E-state index in [1.165, 1.54) is 5.56 Å². The van der Waals surface area contributed by atoms with Crippen LogP contribution in [0.1, 0.15) is 25.0 Å². The van der Waals surface area contributed by atoms with Crippen LogP contribution in [0.25, 0.3) is 0 Å². The molecule has 1 aromatic rings. The van der Waals surface area contributed by atoms with Gasteiger partial charge in [-0.05, 0) is 26.0 Å². The van der Waals surface area contributed by atoms with E-state index in [2.05, 4.69) is 35.0 Å². The first-order valence-electron chi connectivity index (χ1n) is 5.25. The van der Waals surface area contributed by atoms with Gasteiger partial charge >= 0.3 is 0 Å². The maximum atomic E-state index is 5.71. The van der Waals surface area contributed by atoms with Crippen LogP contribution in [0, 0.1) is 0 Å². The zero-order chi connectivity index (χ0) is 10.8. The lowest BCUT2D eigenvalue weighted by molar-refractivity contribution is 0.254. The second-order valence-electron chi connectivity index (χ2n) is 3.77. The Kier molecular flexibility index (Phi) is 3.19. The van der Waals surface area contributed by atoms with Crippen LogP contribution in [-0.4, -0.2) is 12.7 Å². The van der Waals surface area contributed by atoms with Crippen molar-refractivity contribution in [1.29, 1.82) is 0 Å². The van der Waals surface area contributed by atoms with Crippen LogP contribution in [-0.2, 0) is 11.8 Å². The van der Waals surface area contributed by atoms with E-state index in [0.717, 1.165) is 28.8 Å². The molecular weight excluding hydrogens is 256 g/mol. The van der Waals surface area contributed by atoms with Gasteiger partial charge in [-0.25, -0.2) is 0 Å². The second kappa shape index (κ2) is 4.44. The van der Waals surface area contributed by atoms with Crippen molar-refractivity contribution in [1.82, 2.24) is 0 Å². The predicted octanol–water partition coefficient (Wildman–Crippen LogP) is 3.30. The molecule has 1 aromatic carbocycles. The Morgan fingerprint density at radius 1 is 1.53 bits per heavy atom. The number of hydrogen-bond donors (Lipinski definition) is 0. The highest BCUT2D eigenvalue weighted by molar-refractivity contribution is 9.08. The molecule has 0 N–H and O–H groups in total. The number of halogens is 1. The maximum Gasteiger partial charge on any atom is 0.123 e. The molecule has 0 fully saturated rings. The third-order valence-electron chi connectivity index (χ3n) is 2.52. The first kappa shape index (κ1) is 10.8. The van der Waals surface area contributed by atoms with Crippen molar-refractivity contribution >= 4 is 15.9 Å². The Morgan fingerprint density at radius 3 is 3.00 bits per heavy atom. The minimum absolute atomic E-state index is 0.292. The van der Waals surface area contributed by atoms with E-state index in [1.54, 1.807) is 0 Å². The zero-order valence-electron chi connectivity index (χ0n) is 9.05.